The average molecular weight is 222 g/mol. The van der Waals surface area contributed by atoms with Crippen LogP contribution in [0.1, 0.15) is 6.92 Å². The molecule has 0 fully saturated rings. The maximum absolute atomic E-state index is 10.7. The highest BCUT2D eigenvalue weighted by molar-refractivity contribution is 5.50. The summed E-state index contributed by atoms with van der Waals surface area (Å²) in [5, 5.41) is 19.3. The monoisotopic (exact) mass is 222 g/mol. The number of hydrogen-bond donors (Lipinski definition) is 0. The van der Waals surface area contributed by atoms with Crippen molar-refractivity contribution in [1.82, 2.24) is 0 Å². The number of benzene rings is 1. The van der Waals surface area contributed by atoms with Crippen LogP contribution >= 0.6 is 0 Å². The number of nitro benzene ring substituents is 1. The van der Waals surface area contributed by atoms with Crippen LogP contribution in [0.4, 0.5) is 5.69 Å². The summed E-state index contributed by atoms with van der Waals surface area (Å²) in [6.45, 7) is 1.50. The smallest absolute Gasteiger partial charge is 0.311 e. The molecule has 0 spiro atoms. The van der Waals surface area contributed by atoms with Crippen molar-refractivity contribution in [3.63, 3.8) is 0 Å². The van der Waals surface area contributed by atoms with Crippen molar-refractivity contribution < 1.29 is 14.4 Å². The van der Waals surface area contributed by atoms with Crippen LogP contribution in [0.2, 0.25) is 0 Å². The summed E-state index contributed by atoms with van der Waals surface area (Å²) in [5.74, 6) is 0.462. The minimum Gasteiger partial charge on any atom is -0.497 e. The number of methoxy groups -OCH3 is 1. The predicted molar refractivity (Wildman–Crippen MR) is 55.4 cm³/mol. The van der Waals surface area contributed by atoms with Gasteiger partial charge in [0.2, 0.25) is 5.75 Å². The lowest BCUT2D eigenvalue weighted by Crippen LogP contribution is -2.09. The third-order valence-electron chi connectivity index (χ3n) is 1.85. The molecule has 0 radical (unpaired) electrons. The summed E-state index contributed by atoms with van der Waals surface area (Å²) in [7, 11) is 1.44. The van der Waals surface area contributed by atoms with E-state index < -0.39 is 11.0 Å². The van der Waals surface area contributed by atoms with Crippen LogP contribution in [0.25, 0.3) is 0 Å². The second kappa shape index (κ2) is 4.98. The van der Waals surface area contributed by atoms with Gasteiger partial charge in [-0.2, -0.15) is 5.26 Å². The third-order valence-corrected chi connectivity index (χ3v) is 1.85. The maximum atomic E-state index is 10.7. The number of nitrogens with zero attached hydrogens (tertiary/aromatic N) is 2. The first-order chi connectivity index (χ1) is 7.58. The molecular weight excluding hydrogens is 212 g/mol. The predicted octanol–water partition coefficient (Wildman–Crippen LogP) is 1.89. The van der Waals surface area contributed by atoms with Crippen LogP contribution in [0, 0.1) is 21.4 Å². The largest absolute Gasteiger partial charge is 0.497 e. The van der Waals surface area contributed by atoms with Crippen LogP contribution in [-0.2, 0) is 0 Å². The van der Waals surface area contributed by atoms with Crippen molar-refractivity contribution >= 4 is 5.69 Å². The molecule has 0 aliphatic rings. The molecule has 0 aromatic heterocycles. The van der Waals surface area contributed by atoms with E-state index in [-0.39, 0.29) is 11.4 Å². The fourth-order valence-corrected chi connectivity index (χ4v) is 1.08. The van der Waals surface area contributed by atoms with Gasteiger partial charge in [0.25, 0.3) is 0 Å². The third kappa shape index (κ3) is 2.60. The topological polar surface area (TPSA) is 85.4 Å². The highest BCUT2D eigenvalue weighted by Gasteiger charge is 2.17. The highest BCUT2D eigenvalue weighted by atomic mass is 16.6. The molecule has 0 N–H and O–H groups in total. The van der Waals surface area contributed by atoms with E-state index in [1.165, 1.54) is 32.2 Å². The van der Waals surface area contributed by atoms with E-state index in [0.29, 0.717) is 5.75 Å². The van der Waals surface area contributed by atoms with Crippen molar-refractivity contribution in [1.29, 1.82) is 5.26 Å². The molecule has 0 saturated carbocycles. The van der Waals surface area contributed by atoms with Gasteiger partial charge in [-0.15, -0.1) is 0 Å². The van der Waals surface area contributed by atoms with Gasteiger partial charge >= 0.3 is 5.69 Å². The minimum atomic E-state index is -0.759. The molecule has 16 heavy (non-hydrogen) atoms. The van der Waals surface area contributed by atoms with Gasteiger partial charge in [-0.3, -0.25) is 10.1 Å². The van der Waals surface area contributed by atoms with Crippen molar-refractivity contribution in [2.45, 2.75) is 13.0 Å². The van der Waals surface area contributed by atoms with Gasteiger partial charge in [0.1, 0.15) is 11.8 Å². The zero-order chi connectivity index (χ0) is 12.1. The van der Waals surface area contributed by atoms with Crippen molar-refractivity contribution in [3.8, 4) is 17.6 Å². The molecular formula is C10H10N2O4. The summed E-state index contributed by atoms with van der Waals surface area (Å²) in [5.41, 5.74) is -0.192. The van der Waals surface area contributed by atoms with Crippen LogP contribution in [0.3, 0.4) is 0 Å². The van der Waals surface area contributed by atoms with Gasteiger partial charge in [0, 0.05) is 12.1 Å². The molecule has 6 nitrogen and oxygen atoms in total. The van der Waals surface area contributed by atoms with Gasteiger partial charge in [0.15, 0.2) is 6.10 Å². The van der Waals surface area contributed by atoms with Crippen molar-refractivity contribution in [2.24, 2.45) is 0 Å². The first-order valence-electron chi connectivity index (χ1n) is 4.47. The molecule has 0 amide bonds. The maximum Gasteiger partial charge on any atom is 0.311 e. The Hall–Kier alpha value is -2.29. The number of nitriles is 1. The minimum absolute atomic E-state index is 0.0263. The Morgan fingerprint density at radius 1 is 1.56 bits per heavy atom. The molecule has 84 valence electrons. The molecule has 1 aromatic rings. The fraction of sp³-hybridized carbons (Fsp3) is 0.300. The van der Waals surface area contributed by atoms with Gasteiger partial charge in [-0.25, -0.2) is 0 Å². The number of nitro groups is 1. The number of rotatable bonds is 4. The molecule has 0 saturated heterocycles. The second-order valence-corrected chi connectivity index (χ2v) is 2.98. The van der Waals surface area contributed by atoms with Gasteiger partial charge < -0.3 is 9.47 Å². The molecule has 0 bridgehead atoms. The number of ether oxygens (including phenoxy) is 2. The zero-order valence-corrected chi connectivity index (χ0v) is 8.84. The van der Waals surface area contributed by atoms with E-state index in [0.717, 1.165) is 0 Å². The van der Waals surface area contributed by atoms with Gasteiger partial charge in [-0.1, -0.05) is 0 Å². The van der Waals surface area contributed by atoms with Crippen LogP contribution in [0.5, 0.6) is 11.5 Å². The Morgan fingerprint density at radius 3 is 2.75 bits per heavy atom. The first-order valence-corrected chi connectivity index (χ1v) is 4.47. The Bertz CT molecular complexity index is 439. The SMILES string of the molecule is COc1ccc([N+](=O)[O-])c(OC(C)C#N)c1. The van der Waals surface area contributed by atoms with Gasteiger partial charge in [-0.05, 0) is 13.0 Å². The number of hydrogen-bond acceptors (Lipinski definition) is 5. The lowest BCUT2D eigenvalue weighted by Gasteiger charge is -2.09. The summed E-state index contributed by atoms with van der Waals surface area (Å²) < 4.78 is 10.0. The molecule has 1 unspecified atom stereocenters. The van der Waals surface area contributed by atoms with Crippen molar-refractivity contribution in [2.75, 3.05) is 7.11 Å². The summed E-state index contributed by atoms with van der Waals surface area (Å²) in [6.07, 6.45) is -0.759. The van der Waals surface area contributed by atoms with E-state index in [1.54, 1.807) is 0 Å². The van der Waals surface area contributed by atoms with Gasteiger partial charge in [0.05, 0.1) is 12.0 Å². The van der Waals surface area contributed by atoms with Crippen molar-refractivity contribution in [3.05, 3.63) is 28.3 Å². The van der Waals surface area contributed by atoms with E-state index in [4.69, 9.17) is 14.7 Å². The molecule has 0 aliphatic carbocycles. The molecule has 0 heterocycles. The van der Waals surface area contributed by atoms with E-state index in [1.807, 2.05) is 6.07 Å². The molecule has 1 atom stereocenters. The van der Waals surface area contributed by atoms with Crippen LogP contribution < -0.4 is 9.47 Å². The summed E-state index contributed by atoms with van der Waals surface area (Å²) in [6, 6.07) is 5.95. The Morgan fingerprint density at radius 2 is 2.25 bits per heavy atom. The first kappa shape index (κ1) is 11.8. The molecule has 1 aromatic carbocycles. The fourth-order valence-electron chi connectivity index (χ4n) is 1.08. The summed E-state index contributed by atoms with van der Waals surface area (Å²) in [4.78, 5) is 10.1. The Kier molecular flexibility index (Phi) is 3.67. The zero-order valence-electron chi connectivity index (χ0n) is 8.84. The Labute approximate surface area is 92.2 Å². The summed E-state index contributed by atoms with van der Waals surface area (Å²) >= 11 is 0. The average Bonchev–Trinajstić information content (AvgIpc) is 2.28. The highest BCUT2D eigenvalue weighted by Crippen LogP contribution is 2.31. The molecule has 1 rings (SSSR count). The molecule has 0 aliphatic heterocycles. The van der Waals surface area contributed by atoms with Crippen LogP contribution in [0.15, 0.2) is 18.2 Å². The quantitative estimate of drug-likeness (QED) is 0.573. The van der Waals surface area contributed by atoms with E-state index in [2.05, 4.69) is 0 Å². The van der Waals surface area contributed by atoms with E-state index >= 15 is 0 Å². The van der Waals surface area contributed by atoms with E-state index in [9.17, 15) is 10.1 Å². The Balaban J connectivity index is 3.11. The normalized spacial score (nSPS) is 11.3. The standard InChI is InChI=1S/C10H10N2O4/c1-7(6-11)16-10-5-8(15-2)3-4-9(10)12(13)14/h3-5,7H,1-2H3. The molecule has 6 heteroatoms. The van der Waals surface area contributed by atoms with Crippen LogP contribution in [-0.4, -0.2) is 18.1 Å². The second-order valence-electron chi connectivity index (χ2n) is 2.98. The lowest BCUT2D eigenvalue weighted by molar-refractivity contribution is -0.386. The lowest BCUT2D eigenvalue weighted by atomic mass is 10.2.